The van der Waals surface area contributed by atoms with Gasteiger partial charge in [-0.2, -0.15) is 0 Å². The fraction of sp³-hybridized carbons (Fsp3) is 0.263. The van der Waals surface area contributed by atoms with Gasteiger partial charge in [-0.25, -0.2) is 4.79 Å². The lowest BCUT2D eigenvalue weighted by Gasteiger charge is -2.23. The van der Waals surface area contributed by atoms with Gasteiger partial charge in [0.25, 0.3) is 11.6 Å². The molecular formula is C19H19N3O6. The monoisotopic (exact) mass is 385 g/mol. The summed E-state index contributed by atoms with van der Waals surface area (Å²) in [6, 6.07) is 13.6. The molecule has 146 valence electrons. The number of nitro benzene ring substituents is 1. The fourth-order valence-electron chi connectivity index (χ4n) is 2.95. The third kappa shape index (κ3) is 3.79. The number of carbonyl (C=O) groups excluding carboxylic acids is 2. The Morgan fingerprint density at radius 1 is 1.18 bits per heavy atom. The molecule has 1 aliphatic heterocycles. The van der Waals surface area contributed by atoms with Gasteiger partial charge >= 0.3 is 6.03 Å². The van der Waals surface area contributed by atoms with Gasteiger partial charge in [-0.05, 0) is 36.8 Å². The fourth-order valence-corrected chi connectivity index (χ4v) is 2.95. The van der Waals surface area contributed by atoms with Crippen molar-refractivity contribution in [3.05, 3.63) is 70.3 Å². The summed E-state index contributed by atoms with van der Waals surface area (Å²) < 4.78 is 5.44. The predicted molar refractivity (Wildman–Crippen MR) is 98.6 cm³/mol. The molecule has 28 heavy (non-hydrogen) atoms. The highest BCUT2D eigenvalue weighted by molar-refractivity contribution is 6.07. The molecule has 9 nitrogen and oxygen atoms in total. The number of ether oxygens (including phenoxy) is 1. The van der Waals surface area contributed by atoms with Crippen molar-refractivity contribution < 1.29 is 24.4 Å². The van der Waals surface area contributed by atoms with Crippen molar-refractivity contribution in [2.75, 3.05) is 13.2 Å². The van der Waals surface area contributed by atoms with Crippen LogP contribution in [-0.4, -0.2) is 46.1 Å². The van der Waals surface area contributed by atoms with Gasteiger partial charge in [0.05, 0.1) is 11.5 Å². The molecule has 0 bridgehead atoms. The van der Waals surface area contributed by atoms with E-state index in [0.29, 0.717) is 11.3 Å². The van der Waals surface area contributed by atoms with Gasteiger partial charge in [0.15, 0.2) is 0 Å². The number of hydrogen-bond donors (Lipinski definition) is 2. The minimum atomic E-state index is -1.37. The summed E-state index contributed by atoms with van der Waals surface area (Å²) in [7, 11) is 0. The van der Waals surface area contributed by atoms with Gasteiger partial charge in [0.1, 0.15) is 24.0 Å². The first-order valence-corrected chi connectivity index (χ1v) is 8.56. The number of β-amino-alcohol motifs (C(OH)–C–C–N with tert-alkyl or cyclic N) is 1. The van der Waals surface area contributed by atoms with Gasteiger partial charge in [-0.3, -0.25) is 19.8 Å². The minimum absolute atomic E-state index is 0.0880. The van der Waals surface area contributed by atoms with Crippen molar-refractivity contribution in [2.45, 2.75) is 18.6 Å². The molecule has 2 atom stereocenters. The third-order valence-corrected chi connectivity index (χ3v) is 4.51. The lowest BCUT2D eigenvalue weighted by molar-refractivity contribution is -0.384. The summed E-state index contributed by atoms with van der Waals surface area (Å²) in [6.45, 7) is 1.19. The number of aliphatic hydroxyl groups is 1. The number of amides is 3. The Morgan fingerprint density at radius 2 is 1.82 bits per heavy atom. The predicted octanol–water partition coefficient (Wildman–Crippen LogP) is 1.80. The summed E-state index contributed by atoms with van der Waals surface area (Å²) in [6.07, 6.45) is -1.07. The zero-order chi connectivity index (χ0) is 20.3. The van der Waals surface area contributed by atoms with Crippen LogP contribution in [0.1, 0.15) is 12.5 Å². The first kappa shape index (κ1) is 19.3. The molecule has 1 aliphatic rings. The maximum Gasteiger partial charge on any atom is 0.325 e. The molecule has 0 spiro atoms. The van der Waals surface area contributed by atoms with Crippen LogP contribution in [0, 0.1) is 10.1 Å². The second-order valence-electron chi connectivity index (χ2n) is 6.55. The molecular weight excluding hydrogens is 366 g/mol. The van der Waals surface area contributed by atoms with E-state index in [1.807, 2.05) is 6.07 Å². The molecule has 9 heteroatoms. The SMILES string of the molecule is C[C@]1(c2ccc([N+](=O)[O-])cc2)NC(=O)N(C[C@@H](O)COc2ccccc2)C1=O. The van der Waals surface area contributed by atoms with Crippen LogP contribution >= 0.6 is 0 Å². The zero-order valence-corrected chi connectivity index (χ0v) is 15.1. The molecule has 3 rings (SSSR count). The minimum Gasteiger partial charge on any atom is -0.491 e. The summed E-state index contributed by atoms with van der Waals surface area (Å²) in [4.78, 5) is 36.3. The summed E-state index contributed by atoms with van der Waals surface area (Å²) in [5.74, 6) is 0.0135. The van der Waals surface area contributed by atoms with Crippen LogP contribution in [0.2, 0.25) is 0 Å². The quantitative estimate of drug-likeness (QED) is 0.426. The topological polar surface area (TPSA) is 122 Å². The molecule has 0 radical (unpaired) electrons. The largest absolute Gasteiger partial charge is 0.491 e. The highest BCUT2D eigenvalue weighted by atomic mass is 16.6. The molecule has 1 heterocycles. The molecule has 0 aliphatic carbocycles. The van der Waals surface area contributed by atoms with Crippen LogP contribution in [-0.2, 0) is 10.3 Å². The summed E-state index contributed by atoms with van der Waals surface area (Å²) in [5, 5.41) is 23.5. The third-order valence-electron chi connectivity index (χ3n) is 4.51. The van der Waals surface area contributed by atoms with Crippen LogP contribution in [0.3, 0.4) is 0 Å². The molecule has 2 aromatic rings. The van der Waals surface area contributed by atoms with Crippen molar-refractivity contribution in [3.8, 4) is 5.75 Å². The Morgan fingerprint density at radius 3 is 2.43 bits per heavy atom. The first-order valence-electron chi connectivity index (χ1n) is 8.56. The average Bonchev–Trinajstić information content (AvgIpc) is 2.91. The molecule has 0 aromatic heterocycles. The molecule has 2 N–H and O–H groups in total. The first-order chi connectivity index (χ1) is 13.3. The number of imide groups is 1. The van der Waals surface area contributed by atoms with Crippen LogP contribution in [0.15, 0.2) is 54.6 Å². The van der Waals surface area contributed by atoms with Gasteiger partial charge in [-0.15, -0.1) is 0 Å². The molecule has 3 amide bonds. The Labute approximate surface area is 160 Å². The normalized spacial score (nSPS) is 20.0. The highest BCUT2D eigenvalue weighted by Crippen LogP contribution is 2.30. The second-order valence-corrected chi connectivity index (χ2v) is 6.55. The van der Waals surface area contributed by atoms with Crippen molar-refractivity contribution in [1.29, 1.82) is 0 Å². The van der Waals surface area contributed by atoms with Crippen LogP contribution in [0.25, 0.3) is 0 Å². The maximum atomic E-state index is 12.8. The van der Waals surface area contributed by atoms with Crippen LogP contribution in [0.5, 0.6) is 5.75 Å². The number of rotatable bonds is 7. The molecule has 1 saturated heterocycles. The molecule has 2 aromatic carbocycles. The highest BCUT2D eigenvalue weighted by Gasteiger charge is 2.49. The molecule has 0 saturated carbocycles. The average molecular weight is 385 g/mol. The van der Waals surface area contributed by atoms with Crippen molar-refractivity contribution in [1.82, 2.24) is 10.2 Å². The second kappa shape index (κ2) is 7.65. The molecule has 1 fully saturated rings. The van der Waals surface area contributed by atoms with Crippen molar-refractivity contribution in [3.63, 3.8) is 0 Å². The van der Waals surface area contributed by atoms with E-state index >= 15 is 0 Å². The smallest absolute Gasteiger partial charge is 0.325 e. The van der Waals surface area contributed by atoms with Crippen molar-refractivity contribution >= 4 is 17.6 Å². The van der Waals surface area contributed by atoms with Gasteiger partial charge in [0.2, 0.25) is 0 Å². The van der Waals surface area contributed by atoms with E-state index < -0.39 is 28.5 Å². The van der Waals surface area contributed by atoms with Gasteiger partial charge in [-0.1, -0.05) is 18.2 Å². The van der Waals surface area contributed by atoms with E-state index in [4.69, 9.17) is 4.74 Å². The van der Waals surface area contributed by atoms with Crippen LogP contribution in [0.4, 0.5) is 10.5 Å². The Balaban J connectivity index is 1.67. The van der Waals surface area contributed by atoms with Gasteiger partial charge in [0, 0.05) is 12.1 Å². The number of carbonyl (C=O) groups is 2. The Bertz CT molecular complexity index is 886. The maximum absolute atomic E-state index is 12.8. The lowest BCUT2D eigenvalue weighted by Crippen LogP contribution is -2.42. The number of hydrogen-bond acceptors (Lipinski definition) is 6. The van der Waals surface area contributed by atoms with E-state index in [1.54, 1.807) is 24.3 Å². The Hall–Kier alpha value is -3.46. The summed E-state index contributed by atoms with van der Waals surface area (Å²) in [5.41, 5.74) is -1.07. The number of benzene rings is 2. The van der Waals surface area contributed by atoms with E-state index in [1.165, 1.54) is 31.2 Å². The number of para-hydroxylation sites is 1. The summed E-state index contributed by atoms with van der Waals surface area (Å²) >= 11 is 0. The van der Waals surface area contributed by atoms with Crippen molar-refractivity contribution in [2.24, 2.45) is 0 Å². The standard InChI is InChI=1S/C19H19N3O6/c1-19(13-7-9-14(10-8-13)22(26)27)17(24)21(18(25)20-19)11-15(23)12-28-16-5-3-2-4-6-16/h2-10,15,23H,11-12H2,1H3,(H,20,25)/t15-,19-/m1/s1. The van der Waals surface area contributed by atoms with E-state index in [9.17, 15) is 24.8 Å². The van der Waals surface area contributed by atoms with Crippen LogP contribution < -0.4 is 10.1 Å². The van der Waals surface area contributed by atoms with Gasteiger partial charge < -0.3 is 15.2 Å². The Kier molecular flexibility index (Phi) is 5.27. The number of urea groups is 1. The number of aliphatic hydroxyl groups excluding tert-OH is 1. The number of nitrogens with zero attached hydrogens (tertiary/aromatic N) is 2. The van der Waals surface area contributed by atoms with E-state index in [2.05, 4.69) is 5.32 Å². The number of nitro groups is 1. The van der Waals surface area contributed by atoms with E-state index in [0.717, 1.165) is 4.90 Å². The number of nitrogens with one attached hydrogen (secondary N) is 1. The zero-order valence-electron chi connectivity index (χ0n) is 15.1. The lowest BCUT2D eigenvalue weighted by atomic mass is 9.92. The van der Waals surface area contributed by atoms with E-state index in [-0.39, 0.29) is 18.8 Å². The number of non-ortho nitro benzene ring substituents is 1. The molecule has 0 unspecified atom stereocenters.